The highest BCUT2D eigenvalue weighted by atomic mass is 16.5. The maximum absolute atomic E-state index is 12.1. The summed E-state index contributed by atoms with van der Waals surface area (Å²) in [6.45, 7) is 10.2. The molecular weight excluding hydrogens is 282 g/mol. The van der Waals surface area contributed by atoms with E-state index >= 15 is 0 Å². The van der Waals surface area contributed by atoms with Crippen LogP contribution >= 0.6 is 0 Å². The molecule has 22 heavy (non-hydrogen) atoms. The van der Waals surface area contributed by atoms with Crippen molar-refractivity contribution >= 4 is 6.03 Å². The van der Waals surface area contributed by atoms with Crippen molar-refractivity contribution in [1.82, 2.24) is 15.5 Å². The number of hydrogen-bond acceptors (Lipinski definition) is 4. The molecule has 2 heterocycles. The first-order valence-electron chi connectivity index (χ1n) is 8.59. The highest BCUT2D eigenvalue weighted by Gasteiger charge is 2.23. The van der Waals surface area contributed by atoms with Crippen LogP contribution in [0.5, 0.6) is 0 Å². The number of nitrogens with one attached hydrogen (secondary N) is 2. The summed E-state index contributed by atoms with van der Waals surface area (Å²) >= 11 is 0. The molecule has 6 nitrogen and oxygen atoms in total. The van der Waals surface area contributed by atoms with Crippen LogP contribution in [0.25, 0.3) is 0 Å². The van der Waals surface area contributed by atoms with Gasteiger partial charge in [0.2, 0.25) is 0 Å². The van der Waals surface area contributed by atoms with Crippen LogP contribution in [-0.4, -0.2) is 69.1 Å². The topological polar surface area (TPSA) is 62.8 Å². The number of carbonyl (C=O) groups is 1. The molecule has 0 aromatic carbocycles. The molecule has 0 aromatic rings. The highest BCUT2D eigenvalue weighted by molar-refractivity contribution is 5.74. The van der Waals surface area contributed by atoms with Crippen LogP contribution in [0.1, 0.15) is 33.1 Å². The number of carbonyl (C=O) groups excluding carboxylic acids is 1. The average molecular weight is 313 g/mol. The Hall–Kier alpha value is -0.850. The predicted molar refractivity (Wildman–Crippen MR) is 86.0 cm³/mol. The molecular formula is C16H31N3O3. The molecule has 6 heteroatoms. The largest absolute Gasteiger partial charge is 0.381 e. The Kier molecular flexibility index (Phi) is 7.42. The molecule has 2 aliphatic rings. The van der Waals surface area contributed by atoms with Crippen molar-refractivity contribution in [2.24, 2.45) is 5.92 Å². The summed E-state index contributed by atoms with van der Waals surface area (Å²) in [5, 5.41) is 6.12. The summed E-state index contributed by atoms with van der Waals surface area (Å²) in [5.74, 6) is 0.619. The molecule has 0 saturated carbocycles. The van der Waals surface area contributed by atoms with Crippen molar-refractivity contribution in [2.75, 3.05) is 46.1 Å². The van der Waals surface area contributed by atoms with Crippen molar-refractivity contribution in [3.8, 4) is 0 Å². The van der Waals surface area contributed by atoms with Crippen LogP contribution in [0, 0.1) is 5.92 Å². The maximum atomic E-state index is 12.1. The Morgan fingerprint density at radius 1 is 1.14 bits per heavy atom. The molecule has 1 unspecified atom stereocenters. The van der Waals surface area contributed by atoms with E-state index in [2.05, 4.69) is 29.4 Å². The number of nitrogens with zero attached hydrogens (tertiary/aromatic N) is 1. The lowest BCUT2D eigenvalue weighted by molar-refractivity contribution is 0.0129. The second-order valence-corrected chi connectivity index (χ2v) is 6.67. The zero-order valence-electron chi connectivity index (χ0n) is 14.0. The zero-order valence-corrected chi connectivity index (χ0v) is 14.0. The number of morpholine rings is 1. The Bertz CT molecular complexity index is 327. The van der Waals surface area contributed by atoms with Crippen molar-refractivity contribution < 1.29 is 14.3 Å². The third-order valence-corrected chi connectivity index (χ3v) is 4.36. The van der Waals surface area contributed by atoms with Crippen molar-refractivity contribution in [3.63, 3.8) is 0 Å². The van der Waals surface area contributed by atoms with Crippen LogP contribution in [0.4, 0.5) is 4.79 Å². The van der Waals surface area contributed by atoms with E-state index in [1.54, 1.807) is 0 Å². The van der Waals surface area contributed by atoms with Gasteiger partial charge in [0.1, 0.15) is 0 Å². The number of hydrogen-bond donors (Lipinski definition) is 2. The molecule has 1 atom stereocenters. The summed E-state index contributed by atoms with van der Waals surface area (Å²) in [7, 11) is 0. The van der Waals surface area contributed by atoms with E-state index in [1.165, 1.54) is 0 Å². The smallest absolute Gasteiger partial charge is 0.315 e. The molecule has 2 N–H and O–H groups in total. The molecule has 0 aliphatic carbocycles. The summed E-state index contributed by atoms with van der Waals surface area (Å²) in [6.07, 6.45) is 2.91. The SMILES string of the molecule is CC(C)CC(CNC(=O)NC1CCOCC1)N1CCOCC1. The fourth-order valence-electron chi connectivity index (χ4n) is 3.14. The van der Waals surface area contributed by atoms with E-state index in [1.807, 2.05) is 0 Å². The lowest BCUT2D eigenvalue weighted by atomic mass is 10.0. The minimum absolute atomic E-state index is 0.0473. The molecule has 2 aliphatic heterocycles. The van der Waals surface area contributed by atoms with Gasteiger partial charge >= 0.3 is 6.03 Å². The Morgan fingerprint density at radius 2 is 1.77 bits per heavy atom. The van der Waals surface area contributed by atoms with E-state index in [0.717, 1.165) is 58.8 Å². The first-order chi connectivity index (χ1) is 10.6. The standard InChI is InChI=1S/C16H31N3O3/c1-13(2)11-15(19-5-9-22-10-6-19)12-17-16(20)18-14-3-7-21-8-4-14/h13-15H,3-12H2,1-2H3,(H2,17,18,20). The molecule has 0 aromatic heterocycles. The van der Waals surface area contributed by atoms with Gasteiger partial charge in [0, 0.05) is 44.9 Å². The van der Waals surface area contributed by atoms with E-state index in [-0.39, 0.29) is 12.1 Å². The van der Waals surface area contributed by atoms with Gasteiger partial charge in [-0.25, -0.2) is 4.79 Å². The van der Waals surface area contributed by atoms with Crippen molar-refractivity contribution in [2.45, 2.75) is 45.2 Å². The second kappa shape index (κ2) is 9.33. The third kappa shape index (κ3) is 6.10. The number of ether oxygens (including phenoxy) is 2. The van der Waals surface area contributed by atoms with E-state index < -0.39 is 0 Å². The van der Waals surface area contributed by atoms with Crippen LogP contribution in [0.3, 0.4) is 0 Å². The average Bonchev–Trinajstić information content (AvgIpc) is 2.53. The van der Waals surface area contributed by atoms with Gasteiger partial charge in [0.25, 0.3) is 0 Å². The quantitative estimate of drug-likeness (QED) is 0.774. The minimum atomic E-state index is -0.0473. The van der Waals surface area contributed by atoms with Gasteiger partial charge in [0.15, 0.2) is 0 Å². The Labute approximate surface area is 133 Å². The fraction of sp³-hybridized carbons (Fsp3) is 0.938. The molecule has 2 saturated heterocycles. The number of rotatable bonds is 6. The van der Waals surface area contributed by atoms with Crippen LogP contribution in [0.2, 0.25) is 0 Å². The monoisotopic (exact) mass is 313 g/mol. The van der Waals surface area contributed by atoms with E-state index in [9.17, 15) is 4.79 Å². The van der Waals surface area contributed by atoms with Crippen molar-refractivity contribution in [3.05, 3.63) is 0 Å². The van der Waals surface area contributed by atoms with Gasteiger partial charge in [-0.05, 0) is 25.2 Å². The van der Waals surface area contributed by atoms with E-state index in [4.69, 9.17) is 9.47 Å². The highest BCUT2D eigenvalue weighted by Crippen LogP contribution is 2.13. The van der Waals surface area contributed by atoms with Crippen LogP contribution in [-0.2, 0) is 9.47 Å². The van der Waals surface area contributed by atoms with Crippen molar-refractivity contribution in [1.29, 1.82) is 0 Å². The Balaban J connectivity index is 1.75. The Morgan fingerprint density at radius 3 is 2.41 bits per heavy atom. The first kappa shape index (κ1) is 17.5. The predicted octanol–water partition coefficient (Wildman–Crippen LogP) is 1.21. The molecule has 2 amide bonds. The zero-order chi connectivity index (χ0) is 15.8. The fourth-order valence-corrected chi connectivity index (χ4v) is 3.14. The molecule has 0 spiro atoms. The van der Waals surface area contributed by atoms with Gasteiger partial charge in [-0.15, -0.1) is 0 Å². The van der Waals surface area contributed by atoms with Crippen LogP contribution < -0.4 is 10.6 Å². The van der Waals surface area contributed by atoms with Gasteiger partial charge in [-0.2, -0.15) is 0 Å². The maximum Gasteiger partial charge on any atom is 0.315 e. The van der Waals surface area contributed by atoms with Crippen LogP contribution in [0.15, 0.2) is 0 Å². The molecule has 0 bridgehead atoms. The van der Waals surface area contributed by atoms with E-state index in [0.29, 0.717) is 18.5 Å². The number of amides is 2. The molecule has 0 radical (unpaired) electrons. The molecule has 2 fully saturated rings. The minimum Gasteiger partial charge on any atom is -0.381 e. The van der Waals surface area contributed by atoms with Gasteiger partial charge in [-0.3, -0.25) is 4.90 Å². The summed E-state index contributed by atoms with van der Waals surface area (Å²) in [6, 6.07) is 0.596. The second-order valence-electron chi connectivity index (χ2n) is 6.67. The molecule has 2 rings (SSSR count). The first-order valence-corrected chi connectivity index (χ1v) is 8.59. The third-order valence-electron chi connectivity index (χ3n) is 4.36. The molecule has 128 valence electrons. The normalized spacial score (nSPS) is 22.5. The van der Waals surface area contributed by atoms with Gasteiger partial charge in [0.05, 0.1) is 13.2 Å². The summed E-state index contributed by atoms with van der Waals surface area (Å²) < 4.78 is 10.7. The number of urea groups is 1. The van der Waals surface area contributed by atoms with Gasteiger partial charge < -0.3 is 20.1 Å². The summed E-state index contributed by atoms with van der Waals surface area (Å²) in [4.78, 5) is 14.5. The lowest BCUT2D eigenvalue weighted by Gasteiger charge is -2.35. The summed E-state index contributed by atoms with van der Waals surface area (Å²) in [5.41, 5.74) is 0. The van der Waals surface area contributed by atoms with Gasteiger partial charge in [-0.1, -0.05) is 13.8 Å². The lowest BCUT2D eigenvalue weighted by Crippen LogP contribution is -2.52.